The molecule has 0 amide bonds. The highest BCUT2D eigenvalue weighted by Crippen LogP contribution is 2.37. The molecule has 20 heavy (non-hydrogen) atoms. The lowest BCUT2D eigenvalue weighted by molar-refractivity contribution is -0.138. The highest BCUT2D eigenvalue weighted by atomic mass is 19.4. The summed E-state index contributed by atoms with van der Waals surface area (Å²) in [7, 11) is 0. The maximum atomic E-state index is 13.1. The molecule has 2 atom stereocenters. The first-order valence-electron chi connectivity index (χ1n) is 6.86. The predicted molar refractivity (Wildman–Crippen MR) is 69.2 cm³/mol. The van der Waals surface area contributed by atoms with Crippen LogP contribution in [0, 0.1) is 5.92 Å². The van der Waals surface area contributed by atoms with Crippen molar-refractivity contribution in [2.75, 3.05) is 19.8 Å². The third-order valence-electron chi connectivity index (χ3n) is 3.54. The van der Waals surface area contributed by atoms with Gasteiger partial charge in [0.1, 0.15) is 0 Å². The zero-order valence-corrected chi connectivity index (χ0v) is 11.4. The first-order chi connectivity index (χ1) is 9.54. The van der Waals surface area contributed by atoms with Crippen molar-refractivity contribution in [3.8, 4) is 0 Å². The minimum absolute atomic E-state index is 0.0619. The van der Waals surface area contributed by atoms with Crippen molar-refractivity contribution >= 4 is 0 Å². The van der Waals surface area contributed by atoms with E-state index in [1.165, 1.54) is 12.4 Å². The fraction of sp³-hybridized carbons (Fsp3) is 0.643. The molecule has 0 aromatic carbocycles. The van der Waals surface area contributed by atoms with Gasteiger partial charge >= 0.3 is 6.18 Å². The Balaban J connectivity index is 2.32. The Labute approximate surface area is 116 Å². The first kappa shape index (κ1) is 15.3. The minimum Gasteiger partial charge on any atom is -0.381 e. The van der Waals surface area contributed by atoms with Crippen LogP contribution >= 0.6 is 0 Å². The van der Waals surface area contributed by atoms with Crippen LogP contribution in [-0.4, -0.2) is 24.7 Å². The third-order valence-corrected chi connectivity index (χ3v) is 3.54. The molecule has 1 aliphatic rings. The number of alkyl halides is 3. The van der Waals surface area contributed by atoms with Gasteiger partial charge in [-0.2, -0.15) is 13.2 Å². The second kappa shape index (κ2) is 6.54. The standard InChI is InChI=1S/C14H19F3N2O/c1-2-5-19-13(10-4-7-20-9-10)11-8-18-6-3-12(11)14(15,16)17/h3,6,8,10,13,19H,2,4-5,7,9H2,1H3. The van der Waals surface area contributed by atoms with Gasteiger partial charge in [0.2, 0.25) is 0 Å². The van der Waals surface area contributed by atoms with Crippen molar-refractivity contribution in [3.05, 3.63) is 29.6 Å². The Morgan fingerprint density at radius 1 is 1.50 bits per heavy atom. The maximum absolute atomic E-state index is 13.1. The molecule has 2 heterocycles. The number of ether oxygens (including phenoxy) is 1. The van der Waals surface area contributed by atoms with Crippen molar-refractivity contribution in [3.63, 3.8) is 0 Å². The Morgan fingerprint density at radius 3 is 2.90 bits per heavy atom. The molecule has 0 bridgehead atoms. The number of hydrogen-bond donors (Lipinski definition) is 1. The Bertz CT molecular complexity index is 431. The Hall–Kier alpha value is -1.14. The second-order valence-electron chi connectivity index (χ2n) is 5.02. The summed E-state index contributed by atoms with van der Waals surface area (Å²) in [5.41, 5.74) is -0.378. The van der Waals surface area contributed by atoms with Gasteiger partial charge in [-0.3, -0.25) is 4.98 Å². The van der Waals surface area contributed by atoms with Crippen molar-refractivity contribution in [1.29, 1.82) is 0 Å². The molecule has 1 aromatic rings. The number of rotatable bonds is 5. The molecule has 1 fully saturated rings. The van der Waals surface area contributed by atoms with Gasteiger partial charge in [-0.1, -0.05) is 6.92 Å². The number of nitrogens with one attached hydrogen (secondary N) is 1. The van der Waals surface area contributed by atoms with Crippen LogP contribution in [0.4, 0.5) is 13.2 Å². The van der Waals surface area contributed by atoms with Crippen molar-refractivity contribution in [2.45, 2.75) is 32.0 Å². The highest BCUT2D eigenvalue weighted by Gasteiger charge is 2.37. The van der Waals surface area contributed by atoms with E-state index < -0.39 is 11.7 Å². The van der Waals surface area contributed by atoms with Gasteiger partial charge in [0.25, 0.3) is 0 Å². The fourth-order valence-electron chi connectivity index (χ4n) is 2.56. The smallest absolute Gasteiger partial charge is 0.381 e. The van der Waals surface area contributed by atoms with Gasteiger partial charge in [0, 0.05) is 31.0 Å². The molecular formula is C14H19F3N2O. The zero-order chi connectivity index (χ0) is 14.6. The topological polar surface area (TPSA) is 34.2 Å². The summed E-state index contributed by atoms with van der Waals surface area (Å²) in [6.07, 6.45) is -0.202. The molecule has 1 aliphatic heterocycles. The third kappa shape index (κ3) is 3.49. The molecular weight excluding hydrogens is 269 g/mol. The molecule has 6 heteroatoms. The van der Waals surface area contributed by atoms with Crippen molar-refractivity contribution in [1.82, 2.24) is 10.3 Å². The Morgan fingerprint density at radius 2 is 2.30 bits per heavy atom. The van der Waals surface area contributed by atoms with Crippen LogP contribution in [0.1, 0.15) is 36.9 Å². The largest absolute Gasteiger partial charge is 0.416 e. The summed E-state index contributed by atoms with van der Waals surface area (Å²) in [5.74, 6) is 0.0619. The number of pyridine rings is 1. The number of aromatic nitrogens is 1. The summed E-state index contributed by atoms with van der Waals surface area (Å²) < 4.78 is 44.7. The van der Waals surface area contributed by atoms with E-state index in [1.54, 1.807) is 0 Å². The number of hydrogen-bond acceptors (Lipinski definition) is 3. The van der Waals surface area contributed by atoms with Crippen LogP contribution in [0.2, 0.25) is 0 Å². The number of halogens is 3. The lowest BCUT2D eigenvalue weighted by Crippen LogP contribution is -2.31. The van der Waals surface area contributed by atoms with Crippen LogP contribution in [0.15, 0.2) is 18.5 Å². The second-order valence-corrected chi connectivity index (χ2v) is 5.02. The molecule has 1 saturated heterocycles. The molecule has 0 saturated carbocycles. The van der Waals surface area contributed by atoms with Crippen molar-refractivity contribution in [2.24, 2.45) is 5.92 Å². The van der Waals surface area contributed by atoms with Crippen molar-refractivity contribution < 1.29 is 17.9 Å². The molecule has 2 unspecified atom stereocenters. The molecule has 1 aromatic heterocycles. The van der Waals surface area contributed by atoms with E-state index in [0.29, 0.717) is 19.8 Å². The predicted octanol–water partition coefficient (Wildman–Crippen LogP) is 3.18. The van der Waals surface area contributed by atoms with Gasteiger partial charge < -0.3 is 10.1 Å². The summed E-state index contributed by atoms with van der Waals surface area (Å²) in [4.78, 5) is 3.88. The monoisotopic (exact) mass is 288 g/mol. The van der Waals surface area contributed by atoms with Gasteiger partial charge in [-0.25, -0.2) is 0 Å². The normalized spacial score (nSPS) is 21.1. The van der Waals surface area contributed by atoms with Gasteiger partial charge in [0.15, 0.2) is 0 Å². The highest BCUT2D eigenvalue weighted by molar-refractivity contribution is 5.30. The van der Waals surface area contributed by atoms with E-state index in [1.807, 2.05) is 6.92 Å². The summed E-state index contributed by atoms with van der Waals surface area (Å²) in [6, 6.07) is 0.689. The van der Waals surface area contributed by atoms with Gasteiger partial charge in [0.05, 0.1) is 12.2 Å². The van der Waals surface area contributed by atoms with E-state index in [0.717, 1.165) is 18.9 Å². The van der Waals surface area contributed by atoms with E-state index in [4.69, 9.17) is 4.74 Å². The Kier molecular flexibility index (Phi) is 4.99. The first-order valence-corrected chi connectivity index (χ1v) is 6.86. The average Bonchev–Trinajstić information content (AvgIpc) is 2.92. The molecule has 2 rings (SSSR count). The quantitative estimate of drug-likeness (QED) is 0.903. The summed E-state index contributed by atoms with van der Waals surface area (Å²) >= 11 is 0. The zero-order valence-electron chi connectivity index (χ0n) is 11.4. The fourth-order valence-corrected chi connectivity index (χ4v) is 2.56. The molecule has 1 N–H and O–H groups in total. The molecule has 0 radical (unpaired) electrons. The van der Waals surface area contributed by atoms with Gasteiger partial charge in [-0.15, -0.1) is 0 Å². The molecule has 0 spiro atoms. The van der Waals surface area contributed by atoms with Gasteiger partial charge in [-0.05, 0) is 31.0 Å². The summed E-state index contributed by atoms with van der Waals surface area (Å²) in [5, 5.41) is 3.22. The lowest BCUT2D eigenvalue weighted by Gasteiger charge is -2.26. The molecule has 3 nitrogen and oxygen atoms in total. The van der Waals surface area contributed by atoms with E-state index in [9.17, 15) is 13.2 Å². The maximum Gasteiger partial charge on any atom is 0.416 e. The van der Waals surface area contributed by atoms with Crippen LogP contribution in [0.25, 0.3) is 0 Å². The van der Waals surface area contributed by atoms with Crippen LogP contribution < -0.4 is 5.32 Å². The molecule has 112 valence electrons. The minimum atomic E-state index is -4.36. The van der Waals surface area contributed by atoms with Crippen LogP contribution in [-0.2, 0) is 10.9 Å². The van der Waals surface area contributed by atoms with E-state index >= 15 is 0 Å². The SMILES string of the molecule is CCCNC(c1cnccc1C(F)(F)F)C1CCOC1. The van der Waals surface area contributed by atoms with E-state index in [-0.39, 0.29) is 17.5 Å². The lowest BCUT2D eigenvalue weighted by atomic mass is 9.90. The van der Waals surface area contributed by atoms with Crippen LogP contribution in [0.3, 0.4) is 0 Å². The van der Waals surface area contributed by atoms with Crippen LogP contribution in [0.5, 0.6) is 0 Å². The van der Waals surface area contributed by atoms with E-state index in [2.05, 4.69) is 10.3 Å². The number of nitrogens with zero attached hydrogens (tertiary/aromatic N) is 1. The summed E-state index contributed by atoms with van der Waals surface area (Å²) in [6.45, 7) is 3.76. The average molecular weight is 288 g/mol. The molecule has 0 aliphatic carbocycles.